The zero-order chi connectivity index (χ0) is 18.4. The number of aromatic carboxylic acids is 1. The smallest absolute Gasteiger partial charge is 0.335 e. The van der Waals surface area contributed by atoms with Gasteiger partial charge in [0.05, 0.1) is 11.3 Å². The molecular formula is C17H20N2NaO5S. The number of nitrogens with one attached hydrogen (secondary N) is 1. The molecule has 0 fully saturated rings. The maximum atomic E-state index is 12.0. The van der Waals surface area contributed by atoms with Gasteiger partial charge in [-0.15, -0.1) is 0 Å². The van der Waals surface area contributed by atoms with Crippen molar-refractivity contribution in [2.45, 2.75) is 24.7 Å². The van der Waals surface area contributed by atoms with Crippen LogP contribution in [0, 0.1) is 0 Å². The number of sulfonamides is 1. The van der Waals surface area contributed by atoms with Gasteiger partial charge in [-0.3, -0.25) is 0 Å². The van der Waals surface area contributed by atoms with E-state index in [0.717, 1.165) is 18.9 Å². The van der Waals surface area contributed by atoms with Gasteiger partial charge in [0.2, 0.25) is 10.0 Å². The Hall–Kier alpha value is -1.58. The molecule has 0 atom stereocenters. The summed E-state index contributed by atoms with van der Waals surface area (Å²) in [6, 6.07) is 10.9. The Morgan fingerprint density at radius 1 is 1.23 bits per heavy atom. The van der Waals surface area contributed by atoms with Crippen molar-refractivity contribution in [2.24, 2.45) is 5.14 Å². The minimum Gasteiger partial charge on any atom is -0.478 e. The molecule has 0 aromatic heterocycles. The van der Waals surface area contributed by atoms with Crippen molar-refractivity contribution < 1.29 is 23.1 Å². The number of primary sulfonamides is 1. The van der Waals surface area contributed by atoms with Crippen LogP contribution in [0.2, 0.25) is 0 Å². The van der Waals surface area contributed by atoms with Crippen molar-refractivity contribution in [3.63, 3.8) is 0 Å². The minimum atomic E-state index is -4.19. The standard InChI is InChI=1S/C17H20N2O5S.Na/c1-2-3-9-19-14-10-12(17(20)21)11-15(25(18,22)23)16(14)24-13-7-5-4-6-8-13;/h4-8,10-11,19H,2-3,9H2,1H3,(H,20,21)(H2,18,22,23);. The van der Waals surface area contributed by atoms with Crippen LogP contribution in [0.3, 0.4) is 0 Å². The van der Waals surface area contributed by atoms with Gasteiger partial charge in [0.1, 0.15) is 10.6 Å². The fraction of sp³-hybridized carbons (Fsp3) is 0.235. The second kappa shape index (κ2) is 9.94. The van der Waals surface area contributed by atoms with Crippen molar-refractivity contribution in [3.05, 3.63) is 48.0 Å². The van der Waals surface area contributed by atoms with Crippen LogP contribution in [-0.4, -0.2) is 55.6 Å². The Morgan fingerprint density at radius 3 is 2.42 bits per heavy atom. The van der Waals surface area contributed by atoms with Gasteiger partial charge >= 0.3 is 5.97 Å². The summed E-state index contributed by atoms with van der Waals surface area (Å²) >= 11 is 0. The number of hydrogen-bond donors (Lipinski definition) is 3. The molecule has 0 saturated carbocycles. The fourth-order valence-electron chi connectivity index (χ4n) is 2.18. The van der Waals surface area contributed by atoms with E-state index in [9.17, 15) is 18.3 Å². The molecule has 0 heterocycles. The van der Waals surface area contributed by atoms with E-state index in [2.05, 4.69) is 5.32 Å². The monoisotopic (exact) mass is 387 g/mol. The minimum absolute atomic E-state index is 0. The quantitative estimate of drug-likeness (QED) is 0.473. The second-order valence-electron chi connectivity index (χ2n) is 5.40. The molecule has 0 aliphatic heterocycles. The van der Waals surface area contributed by atoms with Crippen LogP contribution in [0.4, 0.5) is 5.69 Å². The van der Waals surface area contributed by atoms with Crippen molar-refractivity contribution >= 4 is 51.2 Å². The third kappa shape index (κ3) is 6.00. The first kappa shape index (κ1) is 22.5. The zero-order valence-corrected chi connectivity index (χ0v) is 17.5. The average molecular weight is 387 g/mol. The number of carboxylic acids is 1. The van der Waals surface area contributed by atoms with Gasteiger partial charge < -0.3 is 15.2 Å². The second-order valence-corrected chi connectivity index (χ2v) is 6.93. The summed E-state index contributed by atoms with van der Waals surface area (Å²) in [6.45, 7) is 2.54. The van der Waals surface area contributed by atoms with E-state index in [1.54, 1.807) is 30.3 Å². The number of hydrogen-bond acceptors (Lipinski definition) is 5. The Balaban J connectivity index is 0.00000338. The van der Waals surface area contributed by atoms with Crippen LogP contribution in [0.15, 0.2) is 47.4 Å². The number of carboxylic acid groups (broad SMARTS) is 1. The van der Waals surface area contributed by atoms with Gasteiger partial charge in [0.15, 0.2) is 5.75 Å². The van der Waals surface area contributed by atoms with E-state index < -0.39 is 16.0 Å². The number of rotatable bonds is 8. The van der Waals surface area contributed by atoms with Crippen LogP contribution in [0.1, 0.15) is 30.1 Å². The van der Waals surface area contributed by atoms with Crippen LogP contribution in [0.25, 0.3) is 0 Å². The molecule has 2 rings (SSSR count). The third-order valence-electron chi connectivity index (χ3n) is 3.42. The Morgan fingerprint density at radius 2 is 1.88 bits per heavy atom. The van der Waals surface area contributed by atoms with Crippen LogP contribution >= 0.6 is 0 Å². The molecule has 1 radical (unpaired) electrons. The first-order valence-electron chi connectivity index (χ1n) is 7.74. The summed E-state index contributed by atoms with van der Waals surface area (Å²) in [4.78, 5) is 10.9. The molecule has 0 bridgehead atoms. The van der Waals surface area contributed by atoms with Gasteiger partial charge in [0.25, 0.3) is 0 Å². The summed E-state index contributed by atoms with van der Waals surface area (Å²) in [5.74, 6) is -0.862. The number of unbranched alkanes of at least 4 members (excludes halogenated alkanes) is 1. The Kier molecular flexibility index (Phi) is 8.58. The number of benzene rings is 2. The van der Waals surface area contributed by atoms with E-state index in [1.807, 2.05) is 6.92 Å². The molecule has 2 aromatic rings. The molecule has 0 spiro atoms. The van der Waals surface area contributed by atoms with Gasteiger partial charge in [-0.05, 0) is 30.7 Å². The summed E-state index contributed by atoms with van der Waals surface area (Å²) < 4.78 is 29.7. The van der Waals surface area contributed by atoms with E-state index >= 15 is 0 Å². The first-order chi connectivity index (χ1) is 11.8. The number of ether oxygens (including phenoxy) is 1. The topological polar surface area (TPSA) is 119 Å². The third-order valence-corrected chi connectivity index (χ3v) is 4.33. The molecule has 0 aliphatic rings. The summed E-state index contributed by atoms with van der Waals surface area (Å²) in [7, 11) is -4.19. The maximum Gasteiger partial charge on any atom is 0.335 e. The fourth-order valence-corrected chi connectivity index (χ4v) is 2.88. The van der Waals surface area contributed by atoms with Gasteiger partial charge in [-0.1, -0.05) is 31.5 Å². The van der Waals surface area contributed by atoms with E-state index in [1.165, 1.54) is 6.07 Å². The summed E-state index contributed by atoms with van der Waals surface area (Å²) in [5, 5.41) is 17.6. The van der Waals surface area contributed by atoms with Crippen LogP contribution in [-0.2, 0) is 10.0 Å². The molecule has 135 valence electrons. The normalized spacial score (nSPS) is 10.7. The molecule has 0 amide bonds. The summed E-state index contributed by atoms with van der Waals surface area (Å²) in [5.41, 5.74) is 0.0738. The number of carbonyl (C=O) groups is 1. The molecule has 26 heavy (non-hydrogen) atoms. The largest absolute Gasteiger partial charge is 0.478 e. The van der Waals surface area contributed by atoms with Crippen molar-refractivity contribution in [2.75, 3.05) is 11.9 Å². The molecule has 0 aliphatic carbocycles. The molecule has 0 saturated heterocycles. The predicted molar refractivity (Wildman–Crippen MR) is 100 cm³/mol. The van der Waals surface area contributed by atoms with Crippen molar-refractivity contribution in [1.29, 1.82) is 0 Å². The molecular weight excluding hydrogens is 367 g/mol. The van der Waals surface area contributed by atoms with Crippen molar-refractivity contribution in [3.8, 4) is 11.5 Å². The zero-order valence-electron chi connectivity index (χ0n) is 14.7. The van der Waals surface area contributed by atoms with Crippen LogP contribution in [0.5, 0.6) is 11.5 Å². The number of anilines is 1. The van der Waals surface area contributed by atoms with Gasteiger partial charge in [-0.2, -0.15) is 0 Å². The Bertz CT molecular complexity index is 857. The number of nitrogens with two attached hydrogens (primary N) is 1. The van der Waals surface area contributed by atoms with Gasteiger partial charge in [-0.25, -0.2) is 18.4 Å². The maximum absolute atomic E-state index is 12.0. The van der Waals surface area contributed by atoms with Crippen molar-refractivity contribution in [1.82, 2.24) is 0 Å². The van der Waals surface area contributed by atoms with Gasteiger partial charge in [0, 0.05) is 36.1 Å². The number of para-hydroxylation sites is 1. The average Bonchev–Trinajstić information content (AvgIpc) is 2.56. The molecule has 7 nitrogen and oxygen atoms in total. The summed E-state index contributed by atoms with van der Waals surface area (Å²) in [6.07, 6.45) is 1.75. The van der Waals surface area contributed by atoms with E-state index in [4.69, 9.17) is 9.88 Å². The molecule has 2 aromatic carbocycles. The molecule has 9 heteroatoms. The van der Waals surface area contributed by atoms with E-state index in [0.29, 0.717) is 12.3 Å². The predicted octanol–water partition coefficient (Wildman–Crippen LogP) is 2.66. The van der Waals surface area contributed by atoms with Crippen LogP contribution < -0.4 is 15.2 Å². The van der Waals surface area contributed by atoms with E-state index in [-0.39, 0.29) is 51.5 Å². The SMILES string of the molecule is CCCCNc1cc(C(=O)O)cc(S(N)(=O)=O)c1Oc1ccccc1.[Na]. The first-order valence-corrected chi connectivity index (χ1v) is 9.28. The Labute approximate surface area is 174 Å². The molecule has 4 N–H and O–H groups in total. The molecule has 0 unspecified atom stereocenters.